The fourth-order valence-electron chi connectivity index (χ4n) is 3.63. The number of nitrogens with one attached hydrogen (secondary N) is 2. The Labute approximate surface area is 197 Å². The molecule has 0 aromatic carbocycles. The monoisotopic (exact) mass is 467 g/mol. The molecule has 1 fully saturated rings. The first-order valence-corrected chi connectivity index (χ1v) is 11.1. The van der Waals surface area contributed by atoms with Crippen molar-refractivity contribution in [1.29, 1.82) is 0 Å². The minimum absolute atomic E-state index is 0.157. The number of amides is 1. The molecular weight excluding hydrogens is 438 g/mol. The Balaban J connectivity index is 1.52. The summed E-state index contributed by atoms with van der Waals surface area (Å²) in [5.41, 5.74) is 1.49. The van der Waals surface area contributed by atoms with Gasteiger partial charge in [-0.25, -0.2) is 19.7 Å². The third-order valence-corrected chi connectivity index (χ3v) is 5.55. The van der Waals surface area contributed by atoms with Gasteiger partial charge in [-0.3, -0.25) is 0 Å². The van der Waals surface area contributed by atoms with Crippen molar-refractivity contribution in [3.05, 3.63) is 30.1 Å². The fraction of sp³-hybridized carbons (Fsp3) is 0.455. The summed E-state index contributed by atoms with van der Waals surface area (Å²) in [6.45, 7) is 8.05. The highest BCUT2D eigenvalue weighted by Gasteiger charge is 2.21. The van der Waals surface area contributed by atoms with Gasteiger partial charge >= 0.3 is 6.09 Å². The topological polar surface area (TPSA) is 142 Å². The molecule has 0 aliphatic carbocycles. The average molecular weight is 468 g/mol. The van der Waals surface area contributed by atoms with Crippen LogP contribution >= 0.6 is 0 Å². The van der Waals surface area contributed by atoms with Gasteiger partial charge in [-0.1, -0.05) is 0 Å². The number of aromatic nitrogens is 5. The Hall–Kier alpha value is -3.80. The molecule has 1 atom stereocenters. The number of carboxylic acid groups (broad SMARTS) is 1. The molecule has 1 saturated heterocycles. The Kier molecular flexibility index (Phi) is 6.87. The SMILES string of the molecule is COC(C)c1cc2cnc(Nc3ccc(N4CCN(C(=O)O)CC4)nn3)nc2c(NC(C)C)n1. The number of piperazine rings is 1. The van der Waals surface area contributed by atoms with E-state index in [-0.39, 0.29) is 12.1 Å². The van der Waals surface area contributed by atoms with Crippen molar-refractivity contribution in [3.8, 4) is 0 Å². The molecule has 1 aliphatic rings. The van der Waals surface area contributed by atoms with Crippen LogP contribution in [-0.2, 0) is 4.74 Å². The molecule has 0 saturated carbocycles. The first-order valence-electron chi connectivity index (χ1n) is 11.1. The second kappa shape index (κ2) is 10.00. The number of anilines is 4. The van der Waals surface area contributed by atoms with Crippen LogP contribution in [0.2, 0.25) is 0 Å². The quantitative estimate of drug-likeness (QED) is 0.472. The second-order valence-electron chi connectivity index (χ2n) is 8.36. The van der Waals surface area contributed by atoms with Crippen LogP contribution in [0.5, 0.6) is 0 Å². The summed E-state index contributed by atoms with van der Waals surface area (Å²) in [5, 5.41) is 24.9. The molecule has 3 aromatic heterocycles. The highest BCUT2D eigenvalue weighted by Crippen LogP contribution is 2.26. The maximum absolute atomic E-state index is 11.1. The number of rotatable bonds is 7. The third-order valence-electron chi connectivity index (χ3n) is 5.55. The first kappa shape index (κ1) is 23.4. The van der Waals surface area contributed by atoms with E-state index in [4.69, 9.17) is 14.8 Å². The molecule has 0 spiro atoms. The van der Waals surface area contributed by atoms with Crippen LogP contribution in [0.3, 0.4) is 0 Å². The van der Waals surface area contributed by atoms with Gasteiger partial charge in [-0.05, 0) is 39.0 Å². The predicted molar refractivity (Wildman–Crippen MR) is 129 cm³/mol. The fourth-order valence-corrected chi connectivity index (χ4v) is 3.63. The van der Waals surface area contributed by atoms with Crippen LogP contribution in [0.1, 0.15) is 32.6 Å². The number of nitrogens with zero attached hydrogens (tertiary/aromatic N) is 7. The standard InChI is InChI=1S/C22H29N9O3/c1-13(2)24-20-19-15(11-16(25-20)14(3)34-4)12-23-21(27-19)26-17-5-6-18(29-28-17)30-7-9-31(10-8-30)22(32)33/h5-6,11-14H,7-10H2,1-4H3,(H,24,25)(H,32,33)(H,23,26,27,28). The van der Waals surface area contributed by atoms with Gasteiger partial charge in [0, 0.05) is 50.9 Å². The van der Waals surface area contributed by atoms with E-state index in [0.29, 0.717) is 55.1 Å². The molecule has 12 heteroatoms. The number of hydrogen-bond acceptors (Lipinski definition) is 10. The van der Waals surface area contributed by atoms with Crippen molar-refractivity contribution >= 4 is 40.4 Å². The summed E-state index contributed by atoms with van der Waals surface area (Å²) in [4.78, 5) is 28.3. The number of carbonyl (C=O) groups is 1. The molecule has 1 aliphatic heterocycles. The van der Waals surface area contributed by atoms with E-state index in [1.54, 1.807) is 19.4 Å². The first-order chi connectivity index (χ1) is 16.3. The molecule has 12 nitrogen and oxygen atoms in total. The summed E-state index contributed by atoms with van der Waals surface area (Å²) in [5.74, 6) is 2.25. The van der Waals surface area contributed by atoms with Crippen LogP contribution in [0.15, 0.2) is 24.4 Å². The summed E-state index contributed by atoms with van der Waals surface area (Å²) < 4.78 is 5.43. The van der Waals surface area contributed by atoms with Crippen LogP contribution in [0.25, 0.3) is 10.9 Å². The highest BCUT2D eigenvalue weighted by atomic mass is 16.5. The molecule has 34 heavy (non-hydrogen) atoms. The number of fused-ring (bicyclic) bond motifs is 1. The predicted octanol–water partition coefficient (Wildman–Crippen LogP) is 2.89. The van der Waals surface area contributed by atoms with Crippen LogP contribution in [-0.4, -0.2) is 80.6 Å². The Morgan fingerprint density at radius 1 is 1.12 bits per heavy atom. The molecule has 1 unspecified atom stereocenters. The Bertz CT molecular complexity index is 1150. The molecule has 4 rings (SSSR count). The maximum Gasteiger partial charge on any atom is 0.407 e. The number of hydrogen-bond donors (Lipinski definition) is 3. The van der Waals surface area contributed by atoms with E-state index in [0.717, 1.165) is 11.1 Å². The largest absolute Gasteiger partial charge is 0.465 e. The van der Waals surface area contributed by atoms with E-state index in [9.17, 15) is 4.79 Å². The van der Waals surface area contributed by atoms with Gasteiger partial charge in [0.1, 0.15) is 5.52 Å². The molecular formula is C22H29N9O3. The van der Waals surface area contributed by atoms with E-state index in [1.165, 1.54) is 4.90 Å². The molecule has 0 radical (unpaired) electrons. The normalized spacial score (nSPS) is 15.0. The van der Waals surface area contributed by atoms with E-state index in [2.05, 4.69) is 30.8 Å². The van der Waals surface area contributed by atoms with E-state index in [1.807, 2.05) is 37.8 Å². The smallest absolute Gasteiger partial charge is 0.407 e. The molecule has 180 valence electrons. The molecule has 1 amide bonds. The zero-order valence-corrected chi connectivity index (χ0v) is 19.7. The summed E-state index contributed by atoms with van der Waals surface area (Å²) in [6.07, 6.45) is 0.691. The van der Waals surface area contributed by atoms with Crippen molar-refractivity contribution in [1.82, 2.24) is 30.0 Å². The maximum atomic E-state index is 11.1. The zero-order valence-electron chi connectivity index (χ0n) is 19.7. The van der Waals surface area contributed by atoms with Crippen LogP contribution in [0.4, 0.5) is 28.2 Å². The number of methoxy groups -OCH3 is 1. The number of pyridine rings is 1. The van der Waals surface area contributed by atoms with Gasteiger partial charge < -0.3 is 30.3 Å². The minimum atomic E-state index is -0.896. The van der Waals surface area contributed by atoms with Gasteiger partial charge in [0.25, 0.3) is 0 Å². The van der Waals surface area contributed by atoms with E-state index >= 15 is 0 Å². The molecule has 4 heterocycles. The van der Waals surface area contributed by atoms with Gasteiger partial charge in [-0.15, -0.1) is 10.2 Å². The van der Waals surface area contributed by atoms with Crippen LogP contribution < -0.4 is 15.5 Å². The van der Waals surface area contributed by atoms with Gasteiger partial charge in [0.2, 0.25) is 5.95 Å². The van der Waals surface area contributed by atoms with Crippen molar-refractivity contribution < 1.29 is 14.6 Å². The second-order valence-corrected chi connectivity index (χ2v) is 8.36. The lowest BCUT2D eigenvalue weighted by atomic mass is 10.2. The third kappa shape index (κ3) is 5.22. The zero-order chi connectivity index (χ0) is 24.2. The average Bonchev–Trinajstić information content (AvgIpc) is 2.84. The summed E-state index contributed by atoms with van der Waals surface area (Å²) >= 11 is 0. The molecule has 3 aromatic rings. The molecule has 3 N–H and O–H groups in total. The summed E-state index contributed by atoms with van der Waals surface area (Å²) in [6, 6.07) is 5.75. The van der Waals surface area contributed by atoms with Crippen molar-refractivity contribution in [2.75, 3.05) is 48.8 Å². The van der Waals surface area contributed by atoms with Gasteiger partial charge in [0.05, 0.1) is 11.8 Å². The highest BCUT2D eigenvalue weighted by molar-refractivity contribution is 5.89. The Morgan fingerprint density at radius 2 is 1.88 bits per heavy atom. The van der Waals surface area contributed by atoms with Crippen molar-refractivity contribution in [3.63, 3.8) is 0 Å². The van der Waals surface area contributed by atoms with E-state index < -0.39 is 6.09 Å². The van der Waals surface area contributed by atoms with Gasteiger partial charge in [0.15, 0.2) is 17.5 Å². The molecule has 0 bridgehead atoms. The van der Waals surface area contributed by atoms with Gasteiger partial charge in [-0.2, -0.15) is 0 Å². The Morgan fingerprint density at radius 3 is 2.50 bits per heavy atom. The lowest BCUT2D eigenvalue weighted by molar-refractivity contribution is 0.116. The lowest BCUT2D eigenvalue weighted by Crippen LogP contribution is -2.48. The van der Waals surface area contributed by atoms with Crippen LogP contribution in [0, 0.1) is 0 Å². The summed E-state index contributed by atoms with van der Waals surface area (Å²) in [7, 11) is 1.65. The van der Waals surface area contributed by atoms with Crippen molar-refractivity contribution in [2.45, 2.75) is 32.9 Å². The lowest BCUT2D eigenvalue weighted by Gasteiger charge is -2.33. The van der Waals surface area contributed by atoms with Crippen molar-refractivity contribution in [2.24, 2.45) is 0 Å². The number of ether oxygens (including phenoxy) is 1. The minimum Gasteiger partial charge on any atom is -0.465 e.